The zero-order chi connectivity index (χ0) is 11.9. The molecule has 0 bridgehead atoms. The van der Waals surface area contributed by atoms with E-state index in [2.05, 4.69) is 10.2 Å². The lowest BCUT2D eigenvalue weighted by Crippen LogP contribution is -1.98. The van der Waals surface area contributed by atoms with Crippen LogP contribution >= 0.6 is 0 Å². The van der Waals surface area contributed by atoms with Crippen LogP contribution in [0.2, 0.25) is 0 Å². The van der Waals surface area contributed by atoms with Gasteiger partial charge in [0, 0.05) is 11.6 Å². The maximum atomic E-state index is 12.5. The van der Waals surface area contributed by atoms with Gasteiger partial charge in [-0.1, -0.05) is 0 Å². The Kier molecular flexibility index (Phi) is 2.26. The Morgan fingerprint density at radius 2 is 2.19 bits per heavy atom. The molecule has 0 aromatic carbocycles. The minimum absolute atomic E-state index is 0.195. The molecule has 0 atom stereocenters. The molecule has 2 rings (SSSR count). The van der Waals surface area contributed by atoms with Crippen molar-refractivity contribution in [3.63, 3.8) is 0 Å². The maximum Gasteiger partial charge on any atom is 0.297 e. The molecule has 84 valence electrons. The van der Waals surface area contributed by atoms with Crippen LogP contribution in [0.5, 0.6) is 0 Å². The van der Waals surface area contributed by atoms with E-state index in [4.69, 9.17) is 0 Å². The predicted octanol–water partition coefficient (Wildman–Crippen LogP) is 1.88. The molecule has 0 spiro atoms. The summed E-state index contributed by atoms with van der Waals surface area (Å²) in [6, 6.07) is 1.26. The molecule has 0 saturated carbocycles. The van der Waals surface area contributed by atoms with Crippen LogP contribution in [0.3, 0.4) is 0 Å². The molecule has 0 aliphatic rings. The van der Waals surface area contributed by atoms with Crippen LogP contribution in [0.1, 0.15) is 17.8 Å². The fourth-order valence-corrected chi connectivity index (χ4v) is 1.40. The first-order valence-corrected chi connectivity index (χ1v) is 4.28. The van der Waals surface area contributed by atoms with Crippen LogP contribution < -0.4 is 0 Å². The number of fused-ring (bicyclic) bond motifs is 1. The molecule has 2 heterocycles. The first-order chi connectivity index (χ1) is 7.50. The zero-order valence-electron chi connectivity index (χ0n) is 8.09. The van der Waals surface area contributed by atoms with E-state index < -0.39 is 17.2 Å². The van der Waals surface area contributed by atoms with Gasteiger partial charge in [-0.25, -0.2) is 8.78 Å². The highest BCUT2D eigenvalue weighted by molar-refractivity contribution is 5.51. The van der Waals surface area contributed by atoms with Gasteiger partial charge in [-0.3, -0.25) is 14.5 Å². The SMILES string of the molecule is Cc1cc([N+](=O)[O-])cn2c(C(F)F)nnc12. The molecule has 8 heteroatoms. The number of nitro groups is 1. The van der Waals surface area contributed by atoms with Crippen molar-refractivity contribution in [1.29, 1.82) is 0 Å². The van der Waals surface area contributed by atoms with Gasteiger partial charge in [-0.15, -0.1) is 10.2 Å². The van der Waals surface area contributed by atoms with E-state index in [1.807, 2.05) is 0 Å². The van der Waals surface area contributed by atoms with Gasteiger partial charge in [-0.2, -0.15) is 0 Å². The molecule has 6 nitrogen and oxygen atoms in total. The third-order valence-corrected chi connectivity index (χ3v) is 2.11. The standard InChI is InChI=1S/C8H6F2N4O2/c1-4-2-5(14(15)16)3-13-7(4)11-12-8(13)6(9)10/h2-3,6H,1H3. The second kappa shape index (κ2) is 3.47. The maximum absolute atomic E-state index is 12.5. The highest BCUT2D eigenvalue weighted by Crippen LogP contribution is 2.22. The predicted molar refractivity (Wildman–Crippen MR) is 49.3 cm³/mol. The number of aromatic nitrogens is 3. The number of alkyl halides is 2. The minimum atomic E-state index is -2.82. The fraction of sp³-hybridized carbons (Fsp3) is 0.250. The minimum Gasteiger partial charge on any atom is -0.274 e. The number of nitrogens with zero attached hydrogens (tertiary/aromatic N) is 4. The third kappa shape index (κ3) is 1.47. The van der Waals surface area contributed by atoms with Crippen molar-refractivity contribution < 1.29 is 13.7 Å². The van der Waals surface area contributed by atoms with Crippen molar-refractivity contribution in [3.8, 4) is 0 Å². The molecule has 0 aliphatic heterocycles. The zero-order valence-corrected chi connectivity index (χ0v) is 8.09. The molecule has 0 fully saturated rings. The number of aryl methyl sites for hydroxylation is 1. The van der Waals surface area contributed by atoms with E-state index in [0.29, 0.717) is 5.56 Å². The van der Waals surface area contributed by atoms with Crippen LogP contribution in [-0.4, -0.2) is 19.5 Å². The summed E-state index contributed by atoms with van der Waals surface area (Å²) in [6.07, 6.45) is -1.83. The summed E-state index contributed by atoms with van der Waals surface area (Å²) in [6.45, 7) is 1.55. The van der Waals surface area contributed by atoms with Crippen molar-refractivity contribution in [3.05, 3.63) is 33.8 Å². The van der Waals surface area contributed by atoms with E-state index in [-0.39, 0.29) is 11.3 Å². The molecular weight excluding hydrogens is 222 g/mol. The van der Waals surface area contributed by atoms with E-state index in [9.17, 15) is 18.9 Å². The third-order valence-electron chi connectivity index (χ3n) is 2.11. The Morgan fingerprint density at radius 1 is 1.50 bits per heavy atom. The topological polar surface area (TPSA) is 73.3 Å². The first kappa shape index (κ1) is 10.4. The highest BCUT2D eigenvalue weighted by atomic mass is 19.3. The average Bonchev–Trinajstić information content (AvgIpc) is 2.61. The fourth-order valence-electron chi connectivity index (χ4n) is 1.40. The van der Waals surface area contributed by atoms with E-state index in [1.54, 1.807) is 6.92 Å². The van der Waals surface area contributed by atoms with E-state index >= 15 is 0 Å². The van der Waals surface area contributed by atoms with E-state index in [0.717, 1.165) is 10.6 Å². The van der Waals surface area contributed by atoms with Crippen molar-refractivity contribution in [2.45, 2.75) is 13.3 Å². The smallest absolute Gasteiger partial charge is 0.274 e. The van der Waals surface area contributed by atoms with Gasteiger partial charge < -0.3 is 0 Å². The summed E-state index contributed by atoms with van der Waals surface area (Å²) >= 11 is 0. The van der Waals surface area contributed by atoms with E-state index in [1.165, 1.54) is 6.07 Å². The van der Waals surface area contributed by atoms with Crippen LogP contribution in [-0.2, 0) is 0 Å². The second-order valence-corrected chi connectivity index (χ2v) is 3.19. The molecular formula is C8H6F2N4O2. The van der Waals surface area contributed by atoms with Gasteiger partial charge in [-0.05, 0) is 6.92 Å². The van der Waals surface area contributed by atoms with Gasteiger partial charge in [0.15, 0.2) is 5.65 Å². The molecule has 0 radical (unpaired) electrons. The number of halogens is 2. The van der Waals surface area contributed by atoms with Crippen molar-refractivity contribution >= 4 is 11.3 Å². The summed E-state index contributed by atoms with van der Waals surface area (Å²) in [5.41, 5.74) is 0.348. The Hall–Kier alpha value is -2.12. The van der Waals surface area contributed by atoms with Crippen molar-refractivity contribution in [2.75, 3.05) is 0 Å². The first-order valence-electron chi connectivity index (χ1n) is 4.28. The summed E-state index contributed by atoms with van der Waals surface area (Å²) in [7, 11) is 0. The van der Waals surface area contributed by atoms with Crippen LogP contribution in [0, 0.1) is 17.0 Å². The van der Waals surface area contributed by atoms with Gasteiger partial charge >= 0.3 is 0 Å². The molecule has 0 amide bonds. The molecule has 0 aliphatic carbocycles. The van der Waals surface area contributed by atoms with Gasteiger partial charge in [0.2, 0.25) is 5.82 Å². The summed E-state index contributed by atoms with van der Waals surface area (Å²) in [5.74, 6) is -0.596. The number of hydrogen-bond donors (Lipinski definition) is 0. The Balaban J connectivity index is 2.76. The van der Waals surface area contributed by atoms with Gasteiger partial charge in [0.25, 0.3) is 12.1 Å². The van der Waals surface area contributed by atoms with Crippen molar-refractivity contribution in [2.24, 2.45) is 0 Å². The lowest BCUT2D eigenvalue weighted by Gasteiger charge is -2.00. The number of hydrogen-bond acceptors (Lipinski definition) is 4. The second-order valence-electron chi connectivity index (χ2n) is 3.19. The monoisotopic (exact) mass is 228 g/mol. The van der Waals surface area contributed by atoms with Crippen LogP contribution in [0.25, 0.3) is 5.65 Å². The number of rotatable bonds is 2. The quantitative estimate of drug-likeness (QED) is 0.581. The van der Waals surface area contributed by atoms with Gasteiger partial charge in [0.05, 0.1) is 11.1 Å². The van der Waals surface area contributed by atoms with Crippen molar-refractivity contribution in [1.82, 2.24) is 14.6 Å². The summed E-state index contributed by atoms with van der Waals surface area (Å²) in [4.78, 5) is 9.91. The highest BCUT2D eigenvalue weighted by Gasteiger charge is 2.19. The Labute approximate surface area is 87.7 Å². The Bertz CT molecular complexity index is 566. The molecule has 0 N–H and O–H groups in total. The molecule has 2 aromatic rings. The van der Waals surface area contributed by atoms with Crippen LogP contribution in [0.15, 0.2) is 12.3 Å². The molecule has 0 saturated heterocycles. The largest absolute Gasteiger partial charge is 0.297 e. The lowest BCUT2D eigenvalue weighted by atomic mass is 10.3. The number of pyridine rings is 1. The lowest BCUT2D eigenvalue weighted by molar-refractivity contribution is -0.385. The molecule has 16 heavy (non-hydrogen) atoms. The Morgan fingerprint density at radius 3 is 2.75 bits per heavy atom. The van der Waals surface area contributed by atoms with Gasteiger partial charge in [0.1, 0.15) is 0 Å². The average molecular weight is 228 g/mol. The summed E-state index contributed by atoms with van der Waals surface area (Å²) in [5, 5.41) is 17.4. The van der Waals surface area contributed by atoms with Crippen LogP contribution in [0.4, 0.5) is 14.5 Å². The molecule has 2 aromatic heterocycles. The summed E-state index contributed by atoms with van der Waals surface area (Å²) < 4.78 is 25.9. The normalized spacial score (nSPS) is 11.2. The molecule has 0 unspecified atom stereocenters.